The highest BCUT2D eigenvalue weighted by molar-refractivity contribution is 7.16. The van der Waals surface area contributed by atoms with Crippen molar-refractivity contribution in [1.82, 2.24) is 4.98 Å². The van der Waals surface area contributed by atoms with Gasteiger partial charge in [-0.05, 0) is 104 Å². The zero-order valence-electron chi connectivity index (χ0n) is 22.6. The van der Waals surface area contributed by atoms with Gasteiger partial charge in [-0.15, -0.1) is 0 Å². The molecule has 0 spiro atoms. The lowest BCUT2D eigenvalue weighted by Crippen LogP contribution is -2.50. The number of carbonyl (C=O) groups excluding carboxylic acids is 1. The molecule has 2 fully saturated rings. The SMILES string of the molecule is CCCC(=O)O[C@H]1CC[C@H]2[C@@H]3CC=C4c5sc(Nc6ccc(OC)cc6)nc5CC[C@]4(C)[C@H]3CC[C@]12C. The Bertz CT molecular complexity index is 1200. The number of anilines is 2. The molecule has 5 nitrogen and oxygen atoms in total. The van der Waals surface area contributed by atoms with Gasteiger partial charge in [0, 0.05) is 17.5 Å². The van der Waals surface area contributed by atoms with E-state index in [1.165, 1.54) is 36.3 Å². The lowest BCUT2D eigenvalue weighted by Gasteiger charge is -2.56. The number of aromatic nitrogens is 1. The quantitative estimate of drug-likeness (QED) is 0.394. The topological polar surface area (TPSA) is 60.5 Å². The fourth-order valence-electron chi connectivity index (χ4n) is 8.29. The summed E-state index contributed by atoms with van der Waals surface area (Å²) in [5, 5.41) is 4.50. The summed E-state index contributed by atoms with van der Waals surface area (Å²) >= 11 is 1.81. The number of methoxy groups -OCH3 is 1. The fraction of sp³-hybridized carbons (Fsp3) is 0.613. The molecule has 6 heteroatoms. The molecular formula is C31H40N2O3S. The molecule has 1 aromatic carbocycles. The average Bonchev–Trinajstić information content (AvgIpc) is 3.44. The maximum absolute atomic E-state index is 12.4. The molecule has 4 aliphatic rings. The molecule has 6 rings (SSSR count). The van der Waals surface area contributed by atoms with Crippen molar-refractivity contribution in [3.63, 3.8) is 0 Å². The Morgan fingerprint density at radius 3 is 2.70 bits per heavy atom. The average molecular weight is 521 g/mol. The van der Waals surface area contributed by atoms with Crippen LogP contribution in [-0.2, 0) is 16.0 Å². The highest BCUT2D eigenvalue weighted by atomic mass is 32.1. The summed E-state index contributed by atoms with van der Waals surface area (Å²) in [6, 6.07) is 8.04. The van der Waals surface area contributed by atoms with Gasteiger partial charge in [0.05, 0.1) is 17.7 Å². The van der Waals surface area contributed by atoms with Gasteiger partial charge in [-0.2, -0.15) is 0 Å². The second-order valence-electron chi connectivity index (χ2n) is 12.1. The molecule has 1 heterocycles. The van der Waals surface area contributed by atoms with Crippen molar-refractivity contribution < 1.29 is 14.3 Å². The van der Waals surface area contributed by atoms with E-state index in [2.05, 4.69) is 32.2 Å². The molecule has 2 saturated carbocycles. The number of hydrogen-bond donors (Lipinski definition) is 1. The van der Waals surface area contributed by atoms with Crippen molar-refractivity contribution >= 4 is 33.7 Å². The second kappa shape index (κ2) is 9.44. The van der Waals surface area contributed by atoms with Gasteiger partial charge in [0.1, 0.15) is 11.9 Å². The minimum absolute atomic E-state index is 0.00153. The molecule has 6 atom stereocenters. The van der Waals surface area contributed by atoms with E-state index in [-0.39, 0.29) is 22.9 Å². The molecule has 1 N–H and O–H groups in total. The number of aryl methyl sites for hydroxylation is 1. The molecule has 198 valence electrons. The third-order valence-corrected chi connectivity index (χ3v) is 11.3. The predicted molar refractivity (Wildman–Crippen MR) is 149 cm³/mol. The lowest BCUT2D eigenvalue weighted by molar-refractivity contribution is -0.159. The van der Waals surface area contributed by atoms with E-state index in [1.807, 2.05) is 35.6 Å². The molecule has 0 bridgehead atoms. The van der Waals surface area contributed by atoms with Crippen LogP contribution in [0.2, 0.25) is 0 Å². The number of rotatable bonds is 6. The number of ether oxygens (including phenoxy) is 2. The summed E-state index contributed by atoms with van der Waals surface area (Å²) in [4.78, 5) is 18.8. The van der Waals surface area contributed by atoms with Crippen LogP contribution in [0.1, 0.15) is 82.7 Å². The minimum Gasteiger partial charge on any atom is -0.497 e. The normalized spacial score (nSPS) is 33.9. The van der Waals surface area contributed by atoms with E-state index in [9.17, 15) is 4.79 Å². The first-order valence-electron chi connectivity index (χ1n) is 14.2. The monoisotopic (exact) mass is 520 g/mol. The Labute approximate surface area is 225 Å². The molecule has 0 unspecified atom stereocenters. The number of fused-ring (bicyclic) bond motifs is 7. The van der Waals surface area contributed by atoms with Crippen LogP contribution in [0.25, 0.3) is 5.57 Å². The van der Waals surface area contributed by atoms with Gasteiger partial charge in [-0.1, -0.05) is 38.2 Å². The lowest BCUT2D eigenvalue weighted by atomic mass is 9.48. The van der Waals surface area contributed by atoms with Crippen molar-refractivity contribution in [2.75, 3.05) is 12.4 Å². The third-order valence-electron chi connectivity index (χ3n) is 10.3. The number of nitrogens with one attached hydrogen (secondary N) is 1. The Hall–Kier alpha value is -2.34. The van der Waals surface area contributed by atoms with Crippen LogP contribution in [-0.4, -0.2) is 24.2 Å². The molecule has 0 saturated heterocycles. The number of benzene rings is 1. The van der Waals surface area contributed by atoms with E-state index in [0.29, 0.717) is 24.2 Å². The first kappa shape index (κ1) is 25.0. The molecular weight excluding hydrogens is 480 g/mol. The van der Waals surface area contributed by atoms with Crippen LogP contribution >= 0.6 is 11.3 Å². The number of thiazole rings is 1. The number of esters is 1. The molecule has 1 aromatic heterocycles. The first-order chi connectivity index (χ1) is 17.9. The van der Waals surface area contributed by atoms with Crippen LogP contribution in [0.4, 0.5) is 10.8 Å². The zero-order chi connectivity index (χ0) is 25.8. The van der Waals surface area contributed by atoms with E-state index in [4.69, 9.17) is 14.5 Å². The highest BCUT2D eigenvalue weighted by Gasteiger charge is 2.60. The van der Waals surface area contributed by atoms with Crippen LogP contribution in [0, 0.1) is 28.6 Å². The van der Waals surface area contributed by atoms with Gasteiger partial charge in [0.15, 0.2) is 5.13 Å². The summed E-state index contributed by atoms with van der Waals surface area (Å²) in [6.07, 6.45) is 12.1. The smallest absolute Gasteiger partial charge is 0.306 e. The minimum atomic E-state index is -0.00153. The summed E-state index contributed by atoms with van der Waals surface area (Å²) in [7, 11) is 1.69. The largest absolute Gasteiger partial charge is 0.497 e. The first-order valence-corrected chi connectivity index (χ1v) is 15.0. The number of nitrogens with zero attached hydrogens (tertiary/aromatic N) is 1. The molecule has 2 aromatic rings. The summed E-state index contributed by atoms with van der Waals surface area (Å²) in [6.45, 7) is 7.01. The van der Waals surface area contributed by atoms with Gasteiger partial charge >= 0.3 is 5.97 Å². The fourth-order valence-corrected chi connectivity index (χ4v) is 9.50. The second-order valence-corrected chi connectivity index (χ2v) is 13.1. The van der Waals surface area contributed by atoms with Crippen molar-refractivity contribution in [2.24, 2.45) is 28.6 Å². The maximum atomic E-state index is 12.4. The molecule has 4 aliphatic carbocycles. The molecule has 37 heavy (non-hydrogen) atoms. The Balaban J connectivity index is 1.23. The number of hydrogen-bond acceptors (Lipinski definition) is 6. The summed E-state index contributed by atoms with van der Waals surface area (Å²) in [5.41, 5.74) is 4.18. The summed E-state index contributed by atoms with van der Waals surface area (Å²) < 4.78 is 11.4. The van der Waals surface area contributed by atoms with Gasteiger partial charge in [0.25, 0.3) is 0 Å². The van der Waals surface area contributed by atoms with Crippen LogP contribution in [0.3, 0.4) is 0 Å². The zero-order valence-corrected chi connectivity index (χ0v) is 23.5. The van der Waals surface area contributed by atoms with Gasteiger partial charge in [-0.3, -0.25) is 4.79 Å². The predicted octanol–water partition coefficient (Wildman–Crippen LogP) is 7.79. The number of carbonyl (C=O) groups is 1. The molecule has 0 aliphatic heterocycles. The van der Waals surface area contributed by atoms with Crippen molar-refractivity contribution in [3.05, 3.63) is 40.9 Å². The van der Waals surface area contributed by atoms with Crippen molar-refractivity contribution in [3.8, 4) is 5.75 Å². The number of allylic oxidation sites excluding steroid dienone is 2. The van der Waals surface area contributed by atoms with E-state index in [0.717, 1.165) is 42.3 Å². The van der Waals surface area contributed by atoms with E-state index in [1.54, 1.807) is 12.7 Å². The van der Waals surface area contributed by atoms with Crippen LogP contribution in [0.5, 0.6) is 5.75 Å². The van der Waals surface area contributed by atoms with Gasteiger partial charge in [-0.25, -0.2) is 4.98 Å². The highest BCUT2D eigenvalue weighted by Crippen LogP contribution is 2.66. The maximum Gasteiger partial charge on any atom is 0.306 e. The Kier molecular flexibility index (Phi) is 6.37. The van der Waals surface area contributed by atoms with Gasteiger partial charge in [0.2, 0.25) is 0 Å². The standard InChI is InChI=1S/C31H40N2O3S/c1-5-6-27(34)36-26-14-13-22-21-11-12-24-28-25(16-18-30(24,2)23(21)15-17-31(22,26)3)33-29(37-28)32-19-7-9-20(35-4)10-8-19/h7-10,12,21-23,26H,5-6,11,13-18H2,1-4H3,(H,32,33)/t21-,22-,23-,26-,30+,31-/m0/s1. The van der Waals surface area contributed by atoms with Crippen LogP contribution in [0.15, 0.2) is 30.3 Å². The Morgan fingerprint density at radius 2 is 1.95 bits per heavy atom. The Morgan fingerprint density at radius 1 is 1.14 bits per heavy atom. The third kappa shape index (κ3) is 4.10. The summed E-state index contributed by atoms with van der Waals surface area (Å²) in [5.74, 6) is 2.89. The van der Waals surface area contributed by atoms with E-state index >= 15 is 0 Å². The van der Waals surface area contributed by atoms with Crippen LogP contribution < -0.4 is 10.1 Å². The van der Waals surface area contributed by atoms with E-state index < -0.39 is 0 Å². The molecule has 0 amide bonds. The van der Waals surface area contributed by atoms with Crippen molar-refractivity contribution in [1.29, 1.82) is 0 Å². The van der Waals surface area contributed by atoms with Gasteiger partial charge < -0.3 is 14.8 Å². The van der Waals surface area contributed by atoms with Crippen molar-refractivity contribution in [2.45, 2.75) is 84.7 Å². The molecule has 0 radical (unpaired) electrons.